The lowest BCUT2D eigenvalue weighted by molar-refractivity contribution is -0.137. The number of carbonyl (C=O) groups is 3. The van der Waals surface area contributed by atoms with Crippen molar-refractivity contribution in [2.45, 2.75) is 31.7 Å². The number of hydrogen-bond donors (Lipinski definition) is 2. The molecule has 1 unspecified atom stereocenters. The Kier molecular flexibility index (Phi) is 4.04. The first-order valence-corrected chi connectivity index (χ1v) is 5.62. The molecular formula is C12H18N2O3. The zero-order valence-corrected chi connectivity index (χ0v) is 9.94. The van der Waals surface area contributed by atoms with Crippen molar-refractivity contribution in [2.24, 2.45) is 17.6 Å². The lowest BCUT2D eigenvalue weighted by Crippen LogP contribution is -2.64. The highest BCUT2D eigenvalue weighted by Crippen LogP contribution is 2.36. The van der Waals surface area contributed by atoms with Gasteiger partial charge in [0.25, 0.3) is 0 Å². The van der Waals surface area contributed by atoms with Crippen molar-refractivity contribution >= 4 is 18.1 Å². The van der Waals surface area contributed by atoms with Crippen LogP contribution in [-0.2, 0) is 14.4 Å². The van der Waals surface area contributed by atoms with Crippen molar-refractivity contribution in [3.8, 4) is 0 Å². The summed E-state index contributed by atoms with van der Waals surface area (Å²) < 4.78 is 0. The second-order valence-electron chi connectivity index (χ2n) is 4.54. The fourth-order valence-corrected chi connectivity index (χ4v) is 2.50. The fourth-order valence-electron chi connectivity index (χ4n) is 2.50. The van der Waals surface area contributed by atoms with Crippen LogP contribution in [0.4, 0.5) is 0 Å². The van der Waals surface area contributed by atoms with Gasteiger partial charge in [-0.1, -0.05) is 6.08 Å². The molecule has 3 N–H and O–H groups in total. The first-order chi connectivity index (χ1) is 7.96. The summed E-state index contributed by atoms with van der Waals surface area (Å²) in [5, 5.41) is 2.57. The standard InChI is InChI=1S/C12H18N2O3/c1-3-9-4-5-10(7-15)12(6-9,11(13)17)14-8(2)16/h3,7,9-10H,1,4-6H2,2H3,(H2,13,17)(H,14,16)/t9-,10?,12-/m1/s1. The normalized spacial score (nSPS) is 32.5. The lowest BCUT2D eigenvalue weighted by Gasteiger charge is -2.42. The van der Waals surface area contributed by atoms with E-state index in [0.717, 1.165) is 6.42 Å². The first kappa shape index (κ1) is 13.4. The Morgan fingerprint density at radius 1 is 1.47 bits per heavy atom. The molecule has 94 valence electrons. The molecule has 0 aliphatic heterocycles. The van der Waals surface area contributed by atoms with Crippen molar-refractivity contribution in [2.75, 3.05) is 0 Å². The van der Waals surface area contributed by atoms with Crippen LogP contribution in [-0.4, -0.2) is 23.6 Å². The Morgan fingerprint density at radius 3 is 2.53 bits per heavy atom. The molecule has 17 heavy (non-hydrogen) atoms. The maximum absolute atomic E-state index is 11.7. The number of hydrogen-bond acceptors (Lipinski definition) is 3. The Hall–Kier alpha value is -1.65. The van der Waals surface area contributed by atoms with E-state index in [1.165, 1.54) is 6.92 Å². The Labute approximate surface area is 100 Å². The summed E-state index contributed by atoms with van der Waals surface area (Å²) in [4.78, 5) is 33.9. The van der Waals surface area contributed by atoms with Gasteiger partial charge in [0.1, 0.15) is 11.8 Å². The number of amides is 2. The molecule has 1 fully saturated rings. The van der Waals surface area contributed by atoms with Crippen molar-refractivity contribution in [3.05, 3.63) is 12.7 Å². The molecule has 0 heterocycles. The van der Waals surface area contributed by atoms with E-state index >= 15 is 0 Å². The van der Waals surface area contributed by atoms with E-state index in [4.69, 9.17) is 5.73 Å². The molecular weight excluding hydrogens is 220 g/mol. The van der Waals surface area contributed by atoms with Crippen LogP contribution >= 0.6 is 0 Å². The average Bonchev–Trinajstić information content (AvgIpc) is 2.27. The third kappa shape index (κ3) is 2.54. The van der Waals surface area contributed by atoms with Gasteiger partial charge in [-0.25, -0.2) is 0 Å². The average molecular weight is 238 g/mol. The van der Waals surface area contributed by atoms with E-state index in [9.17, 15) is 14.4 Å². The number of nitrogens with one attached hydrogen (secondary N) is 1. The molecule has 1 aliphatic rings. The minimum Gasteiger partial charge on any atom is -0.368 e. The van der Waals surface area contributed by atoms with E-state index < -0.39 is 17.4 Å². The molecule has 0 aromatic rings. The SMILES string of the molecule is C=C[C@@H]1CCC(C=O)[C@@](NC(C)=O)(C(N)=O)C1. The summed E-state index contributed by atoms with van der Waals surface area (Å²) in [5.41, 5.74) is 4.13. The molecule has 0 radical (unpaired) electrons. The van der Waals surface area contributed by atoms with E-state index in [1.54, 1.807) is 6.08 Å². The number of carbonyl (C=O) groups excluding carboxylic acids is 3. The molecule has 1 saturated carbocycles. The molecule has 5 nitrogen and oxygen atoms in total. The molecule has 2 amide bonds. The summed E-state index contributed by atoms with van der Waals surface area (Å²) in [6.07, 6.45) is 4.10. The molecule has 5 heteroatoms. The third-order valence-electron chi connectivity index (χ3n) is 3.40. The van der Waals surface area contributed by atoms with Gasteiger partial charge in [-0.3, -0.25) is 9.59 Å². The number of rotatable bonds is 4. The summed E-state index contributed by atoms with van der Waals surface area (Å²) in [5.74, 6) is -1.48. The highest BCUT2D eigenvalue weighted by Gasteiger charge is 2.48. The van der Waals surface area contributed by atoms with Crippen molar-refractivity contribution in [3.63, 3.8) is 0 Å². The van der Waals surface area contributed by atoms with Gasteiger partial charge in [-0.05, 0) is 25.2 Å². The van der Waals surface area contributed by atoms with Gasteiger partial charge in [0.05, 0.1) is 0 Å². The van der Waals surface area contributed by atoms with Gasteiger partial charge >= 0.3 is 0 Å². The predicted octanol–water partition coefficient (Wildman–Crippen LogP) is 0.148. The highest BCUT2D eigenvalue weighted by atomic mass is 16.2. The lowest BCUT2D eigenvalue weighted by atomic mass is 9.68. The van der Waals surface area contributed by atoms with Gasteiger partial charge in [-0.2, -0.15) is 0 Å². The zero-order chi connectivity index (χ0) is 13.1. The zero-order valence-electron chi connectivity index (χ0n) is 9.94. The number of allylic oxidation sites excluding steroid dienone is 1. The molecule has 0 bridgehead atoms. The predicted molar refractivity (Wildman–Crippen MR) is 62.8 cm³/mol. The van der Waals surface area contributed by atoms with Crippen LogP contribution < -0.4 is 11.1 Å². The van der Waals surface area contributed by atoms with Gasteiger partial charge in [0.2, 0.25) is 11.8 Å². The van der Waals surface area contributed by atoms with Crippen LogP contribution in [0.25, 0.3) is 0 Å². The third-order valence-corrected chi connectivity index (χ3v) is 3.40. The minimum atomic E-state index is -1.26. The number of aldehydes is 1. The molecule has 0 saturated heterocycles. The Balaban J connectivity index is 3.09. The topological polar surface area (TPSA) is 89.3 Å². The summed E-state index contributed by atoms with van der Waals surface area (Å²) >= 11 is 0. The fraction of sp³-hybridized carbons (Fsp3) is 0.583. The summed E-state index contributed by atoms with van der Waals surface area (Å²) in [7, 11) is 0. The van der Waals surface area contributed by atoms with Crippen LogP contribution in [0.5, 0.6) is 0 Å². The summed E-state index contributed by atoms with van der Waals surface area (Å²) in [6, 6.07) is 0. The van der Waals surface area contributed by atoms with Crippen molar-refractivity contribution < 1.29 is 14.4 Å². The molecule has 3 atom stereocenters. The molecule has 0 spiro atoms. The van der Waals surface area contributed by atoms with Crippen LogP contribution in [0.1, 0.15) is 26.2 Å². The maximum Gasteiger partial charge on any atom is 0.243 e. The molecule has 0 aromatic carbocycles. The number of nitrogens with two attached hydrogens (primary N) is 1. The Morgan fingerprint density at radius 2 is 2.12 bits per heavy atom. The van der Waals surface area contributed by atoms with Crippen molar-refractivity contribution in [1.29, 1.82) is 0 Å². The molecule has 1 aliphatic carbocycles. The molecule has 0 aromatic heterocycles. The smallest absolute Gasteiger partial charge is 0.243 e. The highest BCUT2D eigenvalue weighted by molar-refractivity contribution is 5.92. The Bertz CT molecular complexity index is 354. The second-order valence-corrected chi connectivity index (χ2v) is 4.54. The van der Waals surface area contributed by atoms with Gasteiger partial charge < -0.3 is 15.8 Å². The van der Waals surface area contributed by atoms with Crippen LogP contribution in [0.2, 0.25) is 0 Å². The van der Waals surface area contributed by atoms with E-state index in [1.807, 2.05) is 0 Å². The number of primary amides is 1. The first-order valence-electron chi connectivity index (χ1n) is 5.62. The van der Waals surface area contributed by atoms with E-state index in [2.05, 4.69) is 11.9 Å². The largest absolute Gasteiger partial charge is 0.368 e. The van der Waals surface area contributed by atoms with Crippen LogP contribution in [0.15, 0.2) is 12.7 Å². The molecule has 1 rings (SSSR count). The second kappa shape index (κ2) is 5.12. The monoisotopic (exact) mass is 238 g/mol. The maximum atomic E-state index is 11.7. The van der Waals surface area contributed by atoms with Gasteiger partial charge in [0, 0.05) is 12.8 Å². The van der Waals surface area contributed by atoms with E-state index in [0.29, 0.717) is 19.1 Å². The van der Waals surface area contributed by atoms with E-state index in [-0.39, 0.29) is 11.8 Å². The van der Waals surface area contributed by atoms with Crippen LogP contribution in [0, 0.1) is 11.8 Å². The van der Waals surface area contributed by atoms with Crippen LogP contribution in [0.3, 0.4) is 0 Å². The van der Waals surface area contributed by atoms with Gasteiger partial charge in [-0.15, -0.1) is 6.58 Å². The quantitative estimate of drug-likeness (QED) is 0.539. The van der Waals surface area contributed by atoms with Gasteiger partial charge in [0.15, 0.2) is 0 Å². The summed E-state index contributed by atoms with van der Waals surface area (Å²) in [6.45, 7) is 5.00. The minimum absolute atomic E-state index is 0.0885. The van der Waals surface area contributed by atoms with Crippen molar-refractivity contribution in [1.82, 2.24) is 5.32 Å².